The second-order valence-electron chi connectivity index (χ2n) is 9.18. The molecule has 2 amide bonds. The van der Waals surface area contributed by atoms with Gasteiger partial charge in [-0.25, -0.2) is 0 Å². The van der Waals surface area contributed by atoms with Crippen LogP contribution in [0.25, 0.3) is 6.08 Å². The van der Waals surface area contributed by atoms with Crippen LogP contribution in [0.5, 0.6) is 0 Å². The molecule has 0 fully saturated rings. The van der Waals surface area contributed by atoms with Crippen molar-refractivity contribution in [1.82, 2.24) is 5.32 Å². The van der Waals surface area contributed by atoms with Crippen molar-refractivity contribution in [3.63, 3.8) is 0 Å². The van der Waals surface area contributed by atoms with Gasteiger partial charge in [0.2, 0.25) is 0 Å². The average Bonchev–Trinajstić information content (AvgIpc) is 2.96. The maximum atomic E-state index is 13.4. The van der Waals surface area contributed by atoms with E-state index >= 15 is 0 Å². The first-order chi connectivity index (χ1) is 19.7. The van der Waals surface area contributed by atoms with Crippen LogP contribution < -0.4 is 15.5 Å². The van der Waals surface area contributed by atoms with Gasteiger partial charge in [0.05, 0.1) is 10.8 Å². The fourth-order valence-electron chi connectivity index (χ4n) is 3.78. The topological polar surface area (TPSA) is 78.5 Å². The van der Waals surface area contributed by atoms with Gasteiger partial charge in [0.15, 0.2) is 5.78 Å². The number of hydrogen-bond donors (Lipinski definition) is 2. The Morgan fingerprint density at radius 1 is 0.854 bits per heavy atom. The highest BCUT2D eigenvalue weighted by Crippen LogP contribution is 2.26. The van der Waals surface area contributed by atoms with Crippen LogP contribution >= 0.6 is 35.0 Å². The molecule has 0 heterocycles. The minimum Gasteiger partial charge on any atom is -0.378 e. The molecule has 0 spiro atoms. The number of nitrogens with zero attached hydrogens (tertiary/aromatic N) is 1. The zero-order valence-corrected chi connectivity index (χ0v) is 24.7. The molecule has 9 heteroatoms. The van der Waals surface area contributed by atoms with E-state index in [1.165, 1.54) is 17.8 Å². The Morgan fingerprint density at radius 2 is 1.59 bits per heavy atom. The number of hydrogen-bond acceptors (Lipinski definition) is 5. The van der Waals surface area contributed by atoms with E-state index in [1.807, 2.05) is 55.4 Å². The number of Topliss-reactive ketones (excluding diaryl/α,β-unsaturated/α-hetero) is 1. The number of ketones is 1. The number of rotatable bonds is 10. The van der Waals surface area contributed by atoms with Gasteiger partial charge in [0.1, 0.15) is 5.70 Å². The Labute approximate surface area is 253 Å². The van der Waals surface area contributed by atoms with Gasteiger partial charge in [-0.05, 0) is 72.3 Å². The third-order valence-electron chi connectivity index (χ3n) is 5.94. The number of halogens is 2. The molecule has 4 rings (SSSR count). The minimum absolute atomic E-state index is 0.0853. The Morgan fingerprint density at radius 3 is 2.27 bits per heavy atom. The molecule has 0 bridgehead atoms. The van der Waals surface area contributed by atoms with E-state index in [1.54, 1.807) is 60.7 Å². The molecule has 0 aliphatic rings. The van der Waals surface area contributed by atoms with Crippen molar-refractivity contribution < 1.29 is 14.4 Å². The van der Waals surface area contributed by atoms with E-state index in [2.05, 4.69) is 10.6 Å². The Bertz CT molecular complexity index is 1590. The molecule has 6 nitrogen and oxygen atoms in total. The lowest BCUT2D eigenvalue weighted by molar-refractivity contribution is -0.113. The second-order valence-corrected chi connectivity index (χ2v) is 11.1. The fraction of sp³-hybridized carbons (Fsp3) is 0.0938. The third-order valence-corrected chi connectivity index (χ3v) is 7.48. The van der Waals surface area contributed by atoms with Gasteiger partial charge in [0.25, 0.3) is 11.8 Å². The Hall–Kier alpha value is -4.04. The highest BCUT2D eigenvalue weighted by molar-refractivity contribution is 8.00. The molecule has 0 aliphatic carbocycles. The van der Waals surface area contributed by atoms with Crippen molar-refractivity contribution in [2.45, 2.75) is 4.90 Å². The van der Waals surface area contributed by atoms with Gasteiger partial charge in [0, 0.05) is 46.5 Å². The van der Waals surface area contributed by atoms with Crippen LogP contribution in [-0.4, -0.2) is 37.4 Å². The maximum Gasteiger partial charge on any atom is 0.272 e. The summed E-state index contributed by atoms with van der Waals surface area (Å²) in [6.45, 7) is 0. The Kier molecular flexibility index (Phi) is 10.2. The lowest BCUT2D eigenvalue weighted by atomic mass is 10.1. The van der Waals surface area contributed by atoms with Gasteiger partial charge >= 0.3 is 0 Å². The van der Waals surface area contributed by atoms with Crippen LogP contribution in [0.2, 0.25) is 10.0 Å². The van der Waals surface area contributed by atoms with Crippen LogP contribution in [0.3, 0.4) is 0 Å². The van der Waals surface area contributed by atoms with Crippen LogP contribution in [0, 0.1) is 0 Å². The summed E-state index contributed by atoms with van der Waals surface area (Å²) in [5.41, 5.74) is 3.18. The normalized spacial score (nSPS) is 11.1. The first kappa shape index (κ1) is 29.9. The first-order valence-corrected chi connectivity index (χ1v) is 14.3. The molecule has 208 valence electrons. The number of thioether (sulfide) groups is 1. The summed E-state index contributed by atoms with van der Waals surface area (Å²) in [5.74, 6) is -0.877. The van der Waals surface area contributed by atoms with E-state index in [0.717, 1.165) is 16.1 Å². The average molecular weight is 605 g/mol. The highest BCUT2D eigenvalue weighted by Gasteiger charge is 2.16. The lowest BCUT2D eigenvalue weighted by Gasteiger charge is -2.14. The molecule has 4 aromatic rings. The molecule has 4 aromatic carbocycles. The van der Waals surface area contributed by atoms with Crippen molar-refractivity contribution in [3.8, 4) is 0 Å². The quantitative estimate of drug-likeness (QED) is 0.112. The summed E-state index contributed by atoms with van der Waals surface area (Å²) in [6.07, 6.45) is 1.63. The van der Waals surface area contributed by atoms with Gasteiger partial charge in [-0.1, -0.05) is 59.6 Å². The number of carbonyl (C=O) groups is 3. The first-order valence-electron chi connectivity index (χ1n) is 12.6. The summed E-state index contributed by atoms with van der Waals surface area (Å²) in [4.78, 5) is 41.8. The molecule has 41 heavy (non-hydrogen) atoms. The van der Waals surface area contributed by atoms with Crippen LogP contribution in [0.15, 0.2) is 108 Å². The Balaban J connectivity index is 1.50. The van der Waals surface area contributed by atoms with Gasteiger partial charge in [-0.3, -0.25) is 14.4 Å². The fourth-order valence-corrected chi connectivity index (χ4v) is 5.13. The van der Waals surface area contributed by atoms with E-state index < -0.39 is 11.8 Å². The van der Waals surface area contributed by atoms with Crippen molar-refractivity contribution in [1.29, 1.82) is 0 Å². The number of carbonyl (C=O) groups excluding carboxylic acids is 3. The molecule has 0 aromatic heterocycles. The molecule has 0 saturated heterocycles. The zero-order chi connectivity index (χ0) is 29.4. The van der Waals surface area contributed by atoms with Gasteiger partial charge in [-0.15, -0.1) is 11.8 Å². The standard InChI is InChI=1S/C32H27Cl2N3O3S/c1-37(2)25-14-11-21(12-15-25)17-29(36-31(39)22-7-4-3-5-8-22)32(40)35-24-9-6-10-26(19-24)41-20-30(38)27-16-13-23(33)18-28(27)34/h3-19H,20H2,1-2H3,(H,35,40)(H,36,39)/b29-17-. The molecular formula is C32H27Cl2N3O3S. The molecular weight excluding hydrogens is 577 g/mol. The molecule has 0 atom stereocenters. The van der Waals surface area contributed by atoms with Gasteiger partial charge < -0.3 is 15.5 Å². The lowest BCUT2D eigenvalue weighted by Crippen LogP contribution is -2.30. The van der Waals surface area contributed by atoms with E-state index in [-0.39, 0.29) is 17.2 Å². The number of amides is 2. The number of anilines is 2. The summed E-state index contributed by atoms with van der Waals surface area (Å²) in [6, 6.07) is 28.2. The summed E-state index contributed by atoms with van der Waals surface area (Å²) < 4.78 is 0. The van der Waals surface area contributed by atoms with Crippen molar-refractivity contribution in [2.24, 2.45) is 0 Å². The van der Waals surface area contributed by atoms with Gasteiger partial charge in [-0.2, -0.15) is 0 Å². The van der Waals surface area contributed by atoms with Crippen LogP contribution in [0.4, 0.5) is 11.4 Å². The largest absolute Gasteiger partial charge is 0.378 e. The van der Waals surface area contributed by atoms with Crippen LogP contribution in [-0.2, 0) is 4.79 Å². The SMILES string of the molecule is CN(C)c1ccc(/C=C(\NC(=O)c2ccccc2)C(=O)Nc2cccc(SCC(=O)c3ccc(Cl)cc3Cl)c2)cc1. The van der Waals surface area contributed by atoms with Crippen molar-refractivity contribution in [3.05, 3.63) is 129 Å². The third kappa shape index (κ3) is 8.47. The predicted octanol–water partition coefficient (Wildman–Crippen LogP) is 7.44. The van der Waals surface area contributed by atoms with E-state index in [9.17, 15) is 14.4 Å². The molecule has 0 radical (unpaired) electrons. The van der Waals surface area contributed by atoms with Crippen LogP contribution in [0.1, 0.15) is 26.3 Å². The number of nitrogens with one attached hydrogen (secondary N) is 2. The summed E-state index contributed by atoms with van der Waals surface area (Å²) in [7, 11) is 3.89. The highest BCUT2D eigenvalue weighted by atomic mass is 35.5. The molecule has 0 unspecified atom stereocenters. The van der Waals surface area contributed by atoms with E-state index in [4.69, 9.17) is 23.2 Å². The molecule has 2 N–H and O–H groups in total. The second kappa shape index (κ2) is 14.0. The zero-order valence-electron chi connectivity index (χ0n) is 22.4. The molecule has 0 aliphatic heterocycles. The smallest absolute Gasteiger partial charge is 0.272 e. The summed E-state index contributed by atoms with van der Waals surface area (Å²) in [5, 5.41) is 6.37. The monoisotopic (exact) mass is 603 g/mol. The molecule has 0 saturated carbocycles. The maximum absolute atomic E-state index is 13.4. The predicted molar refractivity (Wildman–Crippen MR) is 169 cm³/mol. The van der Waals surface area contributed by atoms with E-state index in [0.29, 0.717) is 26.9 Å². The summed E-state index contributed by atoms with van der Waals surface area (Å²) >= 11 is 13.4. The van der Waals surface area contributed by atoms with Crippen molar-refractivity contribution in [2.75, 3.05) is 30.1 Å². The number of benzene rings is 4. The van der Waals surface area contributed by atoms with Crippen molar-refractivity contribution >= 4 is 70.0 Å². The minimum atomic E-state index is -0.489.